The Kier molecular flexibility index (Phi) is 15.2. The van der Waals surface area contributed by atoms with Gasteiger partial charge < -0.3 is 25.1 Å². The lowest BCUT2D eigenvalue weighted by molar-refractivity contribution is -0.145. The minimum atomic E-state index is -1.31. The molecular weight excluding hydrogens is 478 g/mol. The Hall–Kier alpha value is -2.94. The lowest BCUT2D eigenvalue weighted by Gasteiger charge is -2.28. The van der Waals surface area contributed by atoms with Gasteiger partial charge >= 0.3 is 23.9 Å². The van der Waals surface area contributed by atoms with Gasteiger partial charge in [-0.2, -0.15) is 0 Å². The van der Waals surface area contributed by atoms with Crippen molar-refractivity contribution in [2.24, 2.45) is 11.7 Å². The van der Waals surface area contributed by atoms with Gasteiger partial charge in [-0.05, 0) is 42.9 Å². The van der Waals surface area contributed by atoms with Crippen LogP contribution in [-0.4, -0.2) is 41.6 Å². The molecule has 0 aromatic heterocycles. The molecule has 2 unspecified atom stereocenters. The Morgan fingerprint density at radius 3 is 1.89 bits per heavy atom. The van der Waals surface area contributed by atoms with E-state index in [0.29, 0.717) is 24.8 Å². The fraction of sp³-hybridized carbons (Fsp3) is 0.643. The molecular formula is C28H43NO8. The second-order valence-corrected chi connectivity index (χ2v) is 9.37. The van der Waals surface area contributed by atoms with Gasteiger partial charge in [0.25, 0.3) is 0 Å². The van der Waals surface area contributed by atoms with E-state index in [1.54, 1.807) is 13.0 Å². The van der Waals surface area contributed by atoms with Crippen molar-refractivity contribution in [1.29, 1.82) is 0 Å². The lowest BCUT2D eigenvalue weighted by Crippen LogP contribution is -2.40. The Balaban J connectivity index is 3.23. The summed E-state index contributed by atoms with van der Waals surface area (Å²) >= 11 is 0. The molecule has 1 rings (SSSR count). The highest BCUT2D eigenvalue weighted by atomic mass is 16.6. The van der Waals surface area contributed by atoms with E-state index in [9.17, 15) is 24.3 Å². The summed E-state index contributed by atoms with van der Waals surface area (Å²) in [4.78, 5) is 48.6. The number of nitrogens with two attached hydrogens (primary N) is 1. The quantitative estimate of drug-likeness (QED) is 0.153. The van der Waals surface area contributed by atoms with E-state index in [1.807, 2.05) is 20.8 Å². The van der Waals surface area contributed by atoms with Crippen LogP contribution in [0.1, 0.15) is 103 Å². The number of carboxylic acid groups (broad SMARTS) is 1. The van der Waals surface area contributed by atoms with Gasteiger partial charge in [-0.15, -0.1) is 0 Å². The summed E-state index contributed by atoms with van der Waals surface area (Å²) in [6, 6.07) is 3.25. The van der Waals surface area contributed by atoms with Crippen molar-refractivity contribution < 1.29 is 38.5 Å². The first-order chi connectivity index (χ1) is 17.6. The molecule has 208 valence electrons. The number of unbranched alkanes of at least 4 members (excludes halogenated alkanes) is 4. The van der Waals surface area contributed by atoms with Crippen LogP contribution in [0.3, 0.4) is 0 Å². The van der Waals surface area contributed by atoms with Crippen LogP contribution in [-0.2, 0) is 23.9 Å². The molecule has 1 aromatic carbocycles. The van der Waals surface area contributed by atoms with Crippen LogP contribution in [0.4, 0.5) is 0 Å². The molecule has 0 bridgehead atoms. The topological polar surface area (TPSA) is 142 Å². The largest absolute Gasteiger partial charge is 0.480 e. The third kappa shape index (κ3) is 11.8. The van der Waals surface area contributed by atoms with Crippen molar-refractivity contribution in [3.8, 4) is 11.5 Å². The zero-order valence-electron chi connectivity index (χ0n) is 22.6. The van der Waals surface area contributed by atoms with E-state index >= 15 is 0 Å². The predicted octanol–water partition coefficient (Wildman–Crippen LogP) is 5.13. The molecule has 9 nitrogen and oxygen atoms in total. The molecule has 0 aliphatic heterocycles. The van der Waals surface area contributed by atoms with Gasteiger partial charge in [-0.25, -0.2) is 0 Å². The third-order valence-electron chi connectivity index (χ3n) is 6.05. The summed E-state index contributed by atoms with van der Waals surface area (Å²) in [5.41, 5.74) is 6.52. The molecule has 0 aliphatic rings. The summed E-state index contributed by atoms with van der Waals surface area (Å²) in [5, 5.41) is 9.66. The van der Waals surface area contributed by atoms with Gasteiger partial charge in [0.1, 0.15) is 6.04 Å². The Bertz CT molecular complexity index is 885. The zero-order valence-corrected chi connectivity index (χ0v) is 22.6. The number of hydrogen-bond donors (Lipinski definition) is 2. The van der Waals surface area contributed by atoms with Gasteiger partial charge in [0, 0.05) is 25.2 Å². The fourth-order valence-electron chi connectivity index (χ4n) is 3.85. The van der Waals surface area contributed by atoms with E-state index in [2.05, 4.69) is 0 Å². The average molecular weight is 522 g/mol. The van der Waals surface area contributed by atoms with Gasteiger partial charge in [0.05, 0.1) is 6.61 Å². The second-order valence-electron chi connectivity index (χ2n) is 9.37. The number of carboxylic acids is 1. The number of rotatable bonds is 18. The molecule has 0 heterocycles. The first-order valence-electron chi connectivity index (χ1n) is 13.3. The highest BCUT2D eigenvalue weighted by Crippen LogP contribution is 2.36. The monoisotopic (exact) mass is 521 g/mol. The molecule has 0 saturated carbocycles. The smallest absolute Gasteiger partial charge is 0.321 e. The lowest BCUT2D eigenvalue weighted by atomic mass is 9.82. The van der Waals surface area contributed by atoms with Gasteiger partial charge in [0.15, 0.2) is 11.5 Å². The molecule has 37 heavy (non-hydrogen) atoms. The second kappa shape index (κ2) is 17.5. The third-order valence-corrected chi connectivity index (χ3v) is 6.05. The highest BCUT2D eigenvalue weighted by molar-refractivity contribution is 5.77. The summed E-state index contributed by atoms with van der Waals surface area (Å²) < 4.78 is 16.4. The molecule has 3 N–H and O–H groups in total. The molecule has 0 amide bonds. The standard InChI is InChI=1S/C28H43NO8/c1-5-8-11-14-23(30)35-18-19(4)26(27(29)28(33)34)20-15-16-21(36-24(31)12-9-6-2)22(17-20)37-25(32)13-10-7-3/h15-17,19,26-27H,5-14,18,29H2,1-4H3,(H,33,34)/t19?,26?,27-/m0/s1. The summed E-state index contributed by atoms with van der Waals surface area (Å²) in [6.07, 6.45) is 6.26. The predicted molar refractivity (Wildman–Crippen MR) is 139 cm³/mol. The number of aliphatic carboxylic acids is 1. The fourth-order valence-corrected chi connectivity index (χ4v) is 3.85. The number of ether oxygens (including phenoxy) is 3. The minimum absolute atomic E-state index is 0.0179. The summed E-state index contributed by atoms with van der Waals surface area (Å²) in [6.45, 7) is 7.68. The van der Waals surface area contributed by atoms with Crippen LogP contribution in [0, 0.1) is 5.92 Å². The van der Waals surface area contributed by atoms with Gasteiger partial charge in [0.2, 0.25) is 0 Å². The molecule has 9 heteroatoms. The van der Waals surface area contributed by atoms with Crippen LogP contribution < -0.4 is 15.2 Å². The maximum absolute atomic E-state index is 12.4. The maximum Gasteiger partial charge on any atom is 0.321 e. The highest BCUT2D eigenvalue weighted by Gasteiger charge is 2.32. The van der Waals surface area contributed by atoms with Crippen molar-refractivity contribution in [3.05, 3.63) is 23.8 Å². The van der Waals surface area contributed by atoms with Crippen LogP contribution in [0.2, 0.25) is 0 Å². The number of carbonyl (C=O) groups is 4. The Labute approximate surface area is 220 Å². The van der Waals surface area contributed by atoms with Gasteiger partial charge in [-0.3, -0.25) is 19.2 Å². The van der Waals surface area contributed by atoms with Crippen LogP contribution >= 0.6 is 0 Å². The van der Waals surface area contributed by atoms with E-state index in [-0.39, 0.29) is 36.9 Å². The van der Waals surface area contributed by atoms with Crippen molar-refractivity contribution in [2.75, 3.05) is 6.61 Å². The first kappa shape index (κ1) is 32.1. The number of benzene rings is 1. The van der Waals surface area contributed by atoms with Crippen molar-refractivity contribution >= 4 is 23.9 Å². The SMILES string of the molecule is CCCCCC(=O)OCC(C)C(c1ccc(OC(=O)CCCC)c(OC(=O)CCCC)c1)[C@H](N)C(=O)O. The van der Waals surface area contributed by atoms with Crippen molar-refractivity contribution in [1.82, 2.24) is 0 Å². The Morgan fingerprint density at radius 1 is 0.811 bits per heavy atom. The van der Waals surface area contributed by atoms with Crippen molar-refractivity contribution in [2.45, 2.75) is 104 Å². The summed E-state index contributed by atoms with van der Waals surface area (Å²) in [5.74, 6) is -3.63. The molecule has 0 spiro atoms. The van der Waals surface area contributed by atoms with Crippen molar-refractivity contribution in [3.63, 3.8) is 0 Å². The number of carbonyl (C=O) groups excluding carboxylic acids is 3. The van der Waals surface area contributed by atoms with Crippen LogP contribution in [0.15, 0.2) is 18.2 Å². The minimum Gasteiger partial charge on any atom is -0.480 e. The molecule has 0 saturated heterocycles. The molecule has 0 fully saturated rings. The first-order valence-corrected chi connectivity index (χ1v) is 13.3. The molecule has 0 aliphatic carbocycles. The van der Waals surface area contributed by atoms with Gasteiger partial charge in [-0.1, -0.05) is 59.4 Å². The average Bonchev–Trinajstić information content (AvgIpc) is 2.86. The van der Waals surface area contributed by atoms with E-state index in [0.717, 1.165) is 32.1 Å². The number of esters is 3. The summed E-state index contributed by atoms with van der Waals surface area (Å²) in [7, 11) is 0. The normalized spacial score (nSPS) is 13.3. The number of hydrogen-bond acceptors (Lipinski definition) is 8. The Morgan fingerprint density at radius 2 is 1.35 bits per heavy atom. The molecule has 0 radical (unpaired) electrons. The van der Waals surface area contributed by atoms with Crippen LogP contribution in [0.5, 0.6) is 11.5 Å². The zero-order chi connectivity index (χ0) is 27.8. The van der Waals surface area contributed by atoms with Crippen LogP contribution in [0.25, 0.3) is 0 Å². The van der Waals surface area contributed by atoms with E-state index in [4.69, 9.17) is 19.9 Å². The maximum atomic E-state index is 12.4. The van der Waals surface area contributed by atoms with E-state index < -0.39 is 35.8 Å². The molecule has 3 atom stereocenters. The van der Waals surface area contributed by atoms with E-state index in [1.165, 1.54) is 12.1 Å². The molecule has 1 aromatic rings.